The Labute approximate surface area is 131 Å². The van der Waals surface area contributed by atoms with Crippen molar-refractivity contribution in [3.05, 3.63) is 21.9 Å². The van der Waals surface area contributed by atoms with E-state index in [4.69, 9.17) is 5.11 Å². The number of thiophene rings is 1. The Morgan fingerprint density at radius 3 is 2.76 bits per heavy atom. The van der Waals surface area contributed by atoms with Crippen molar-refractivity contribution in [3.63, 3.8) is 0 Å². The molecule has 1 aromatic rings. The van der Waals surface area contributed by atoms with Crippen LogP contribution in [0.25, 0.3) is 0 Å². The van der Waals surface area contributed by atoms with Crippen LogP contribution in [0.3, 0.4) is 0 Å². The number of carbonyl (C=O) groups is 1. The predicted octanol–water partition coefficient (Wildman–Crippen LogP) is 3.57. The van der Waals surface area contributed by atoms with Crippen LogP contribution in [-0.4, -0.2) is 24.2 Å². The van der Waals surface area contributed by atoms with Gasteiger partial charge in [-0.25, -0.2) is 0 Å². The highest BCUT2D eigenvalue weighted by atomic mass is 32.1. The van der Waals surface area contributed by atoms with Crippen molar-refractivity contribution in [2.24, 2.45) is 0 Å². The summed E-state index contributed by atoms with van der Waals surface area (Å²) in [7, 11) is 0. The number of aliphatic hydroxyl groups excluding tert-OH is 1. The molecule has 21 heavy (non-hydrogen) atoms. The van der Waals surface area contributed by atoms with Gasteiger partial charge in [-0.1, -0.05) is 50.9 Å². The van der Waals surface area contributed by atoms with Gasteiger partial charge >= 0.3 is 0 Å². The smallest absolute Gasteiger partial charge is 0.261 e. The average molecular weight is 307 g/mol. The molecule has 2 N–H and O–H groups in total. The topological polar surface area (TPSA) is 49.3 Å². The van der Waals surface area contributed by atoms with Crippen molar-refractivity contribution in [2.45, 2.75) is 51.9 Å². The molecule has 0 atom stereocenters. The monoisotopic (exact) mass is 307 g/mol. The van der Waals surface area contributed by atoms with Gasteiger partial charge in [-0.15, -0.1) is 11.3 Å². The number of unbranched alkanes of at least 4 members (excludes halogenated alkanes) is 5. The number of hydrogen-bond acceptors (Lipinski definition) is 3. The first kappa shape index (κ1) is 17.7. The third-order valence-corrected chi connectivity index (χ3v) is 4.09. The van der Waals surface area contributed by atoms with Gasteiger partial charge in [-0.05, 0) is 18.6 Å². The van der Waals surface area contributed by atoms with Crippen molar-refractivity contribution in [2.75, 3.05) is 13.2 Å². The molecule has 0 fully saturated rings. The third kappa shape index (κ3) is 7.89. The lowest BCUT2D eigenvalue weighted by Gasteiger charge is -2.03. The Balaban J connectivity index is 2.22. The van der Waals surface area contributed by atoms with E-state index in [2.05, 4.69) is 24.1 Å². The maximum absolute atomic E-state index is 11.9. The van der Waals surface area contributed by atoms with Crippen LogP contribution < -0.4 is 5.32 Å². The number of aliphatic hydroxyl groups is 1. The quantitative estimate of drug-likeness (QED) is 0.541. The minimum atomic E-state index is -0.0104. The van der Waals surface area contributed by atoms with E-state index in [-0.39, 0.29) is 12.5 Å². The minimum Gasteiger partial charge on any atom is -0.395 e. The fourth-order valence-corrected chi connectivity index (χ4v) is 2.72. The zero-order chi connectivity index (χ0) is 15.3. The van der Waals surface area contributed by atoms with E-state index >= 15 is 0 Å². The third-order valence-electron chi connectivity index (χ3n) is 3.09. The van der Waals surface area contributed by atoms with Crippen molar-refractivity contribution < 1.29 is 9.90 Å². The van der Waals surface area contributed by atoms with Crippen LogP contribution in [-0.2, 0) is 0 Å². The summed E-state index contributed by atoms with van der Waals surface area (Å²) >= 11 is 1.40. The molecule has 0 unspecified atom stereocenters. The van der Waals surface area contributed by atoms with E-state index in [0.29, 0.717) is 11.3 Å². The fraction of sp³-hybridized carbons (Fsp3) is 0.588. The van der Waals surface area contributed by atoms with Crippen molar-refractivity contribution in [1.29, 1.82) is 0 Å². The van der Waals surface area contributed by atoms with E-state index < -0.39 is 0 Å². The van der Waals surface area contributed by atoms with Crippen molar-refractivity contribution in [3.8, 4) is 11.8 Å². The fourth-order valence-electron chi connectivity index (χ4n) is 1.93. The van der Waals surface area contributed by atoms with Crippen LogP contribution in [0.2, 0.25) is 0 Å². The molecule has 116 valence electrons. The molecule has 0 aromatic carbocycles. The molecule has 0 aliphatic rings. The Kier molecular flexibility index (Phi) is 9.60. The van der Waals surface area contributed by atoms with Gasteiger partial charge in [0.1, 0.15) is 0 Å². The molecule has 1 rings (SSSR count). The summed E-state index contributed by atoms with van der Waals surface area (Å²) in [5, 5.41) is 11.6. The lowest BCUT2D eigenvalue weighted by atomic mass is 10.1. The van der Waals surface area contributed by atoms with Gasteiger partial charge in [0.2, 0.25) is 0 Å². The summed E-state index contributed by atoms with van der Waals surface area (Å²) in [4.78, 5) is 13.5. The molecule has 0 aliphatic carbocycles. The zero-order valence-corrected chi connectivity index (χ0v) is 13.6. The van der Waals surface area contributed by atoms with Gasteiger partial charge in [0.15, 0.2) is 0 Å². The largest absolute Gasteiger partial charge is 0.395 e. The Morgan fingerprint density at radius 1 is 1.24 bits per heavy atom. The highest BCUT2D eigenvalue weighted by Crippen LogP contribution is 2.15. The first-order valence-corrected chi connectivity index (χ1v) is 8.57. The Bertz CT molecular complexity index is 471. The van der Waals surface area contributed by atoms with E-state index in [1.54, 1.807) is 0 Å². The van der Waals surface area contributed by atoms with E-state index in [0.717, 1.165) is 17.8 Å². The summed E-state index contributed by atoms with van der Waals surface area (Å²) in [5.41, 5.74) is 0. The lowest BCUT2D eigenvalue weighted by Crippen LogP contribution is -2.23. The first-order chi connectivity index (χ1) is 10.3. The summed E-state index contributed by atoms with van der Waals surface area (Å²) < 4.78 is 0. The first-order valence-electron chi connectivity index (χ1n) is 7.75. The molecule has 4 heteroatoms. The normalized spacial score (nSPS) is 10.0. The van der Waals surface area contributed by atoms with Gasteiger partial charge in [-0.2, -0.15) is 0 Å². The second-order valence-electron chi connectivity index (χ2n) is 4.96. The molecule has 0 spiro atoms. The summed E-state index contributed by atoms with van der Waals surface area (Å²) in [6.07, 6.45) is 7.82. The number of amides is 1. The van der Waals surface area contributed by atoms with Crippen LogP contribution >= 0.6 is 11.3 Å². The highest BCUT2D eigenvalue weighted by molar-refractivity contribution is 7.14. The van der Waals surface area contributed by atoms with Crippen molar-refractivity contribution in [1.82, 2.24) is 5.32 Å². The van der Waals surface area contributed by atoms with E-state index in [9.17, 15) is 4.79 Å². The molecule has 0 bridgehead atoms. The zero-order valence-electron chi connectivity index (χ0n) is 12.8. The van der Waals surface area contributed by atoms with Gasteiger partial charge in [0.25, 0.3) is 5.91 Å². The average Bonchev–Trinajstić information content (AvgIpc) is 2.95. The highest BCUT2D eigenvalue weighted by Gasteiger charge is 2.07. The maximum Gasteiger partial charge on any atom is 0.261 e. The molecule has 3 nitrogen and oxygen atoms in total. The molecule has 0 saturated heterocycles. The molecular formula is C17H25NO2S. The SMILES string of the molecule is CCCCCCCCNC(=O)c1ccc(C#CCCO)s1. The molecule has 0 saturated carbocycles. The van der Waals surface area contributed by atoms with Gasteiger partial charge < -0.3 is 10.4 Å². The van der Waals surface area contributed by atoms with Gasteiger partial charge in [0.05, 0.1) is 16.4 Å². The molecule has 1 amide bonds. The Hall–Kier alpha value is -1.31. The summed E-state index contributed by atoms with van der Waals surface area (Å²) in [6.45, 7) is 3.03. The van der Waals surface area contributed by atoms with Crippen LogP contribution in [0.5, 0.6) is 0 Å². The molecule has 1 heterocycles. The van der Waals surface area contributed by atoms with Gasteiger partial charge in [0, 0.05) is 13.0 Å². The van der Waals surface area contributed by atoms with Crippen LogP contribution in [0.4, 0.5) is 0 Å². The second-order valence-corrected chi connectivity index (χ2v) is 6.05. The predicted molar refractivity (Wildman–Crippen MR) is 88.6 cm³/mol. The molecule has 0 aliphatic heterocycles. The summed E-state index contributed by atoms with van der Waals surface area (Å²) in [6, 6.07) is 3.67. The summed E-state index contributed by atoms with van der Waals surface area (Å²) in [5.74, 6) is 5.79. The molecule has 0 radical (unpaired) electrons. The molecular weight excluding hydrogens is 282 g/mol. The van der Waals surface area contributed by atoms with E-state index in [1.807, 2.05) is 12.1 Å². The maximum atomic E-state index is 11.9. The van der Waals surface area contributed by atoms with Crippen LogP contribution in [0, 0.1) is 11.8 Å². The number of rotatable bonds is 9. The Morgan fingerprint density at radius 2 is 2.00 bits per heavy atom. The van der Waals surface area contributed by atoms with Crippen LogP contribution in [0.15, 0.2) is 12.1 Å². The van der Waals surface area contributed by atoms with Gasteiger partial charge in [-0.3, -0.25) is 4.79 Å². The lowest BCUT2D eigenvalue weighted by molar-refractivity contribution is 0.0957. The minimum absolute atomic E-state index is 0.0104. The number of carbonyl (C=O) groups excluding carboxylic acids is 1. The number of hydrogen-bond donors (Lipinski definition) is 2. The standard InChI is InChI=1S/C17H25NO2S/c1-2-3-4-5-6-8-13-18-17(20)16-12-11-15(21-16)10-7-9-14-19/h11-12,19H,2-6,8-9,13-14H2,1H3,(H,18,20). The number of nitrogens with one attached hydrogen (secondary N) is 1. The second kappa shape index (κ2) is 11.4. The molecule has 1 aromatic heterocycles. The van der Waals surface area contributed by atoms with E-state index in [1.165, 1.54) is 43.4 Å². The van der Waals surface area contributed by atoms with Crippen molar-refractivity contribution >= 4 is 17.2 Å². The van der Waals surface area contributed by atoms with Crippen LogP contribution in [0.1, 0.15) is 66.4 Å².